The number of aromatic nitrogens is 2. The minimum Gasteiger partial charge on any atom is -0.376 e. The number of thioether (sulfide) groups is 1. The maximum absolute atomic E-state index is 12.3. The third-order valence-electron chi connectivity index (χ3n) is 4.24. The first kappa shape index (κ1) is 19.0. The second kappa shape index (κ2) is 9.24. The van der Waals surface area contributed by atoms with Crippen LogP contribution in [0.4, 0.5) is 5.69 Å². The summed E-state index contributed by atoms with van der Waals surface area (Å²) in [5, 5.41) is 7.81. The van der Waals surface area contributed by atoms with Gasteiger partial charge in [-0.2, -0.15) is 5.10 Å². The van der Waals surface area contributed by atoms with Crippen molar-refractivity contribution >= 4 is 23.4 Å². The van der Waals surface area contributed by atoms with Crippen molar-refractivity contribution in [2.24, 2.45) is 0 Å². The lowest BCUT2D eigenvalue weighted by atomic mass is 10.1. The zero-order chi connectivity index (χ0) is 18.4. The van der Waals surface area contributed by atoms with Crippen LogP contribution in [0.5, 0.6) is 0 Å². The summed E-state index contributed by atoms with van der Waals surface area (Å²) >= 11 is 1.82. The molecule has 0 spiro atoms. The van der Waals surface area contributed by atoms with Gasteiger partial charge in [-0.1, -0.05) is 26.0 Å². The van der Waals surface area contributed by atoms with Crippen molar-refractivity contribution in [2.75, 3.05) is 11.9 Å². The first-order chi connectivity index (χ1) is 12.6. The fourth-order valence-corrected chi connectivity index (χ4v) is 3.87. The highest BCUT2D eigenvalue weighted by atomic mass is 32.2. The normalized spacial score (nSPS) is 17.4. The van der Waals surface area contributed by atoms with Crippen LogP contribution in [-0.4, -0.2) is 33.6 Å². The highest BCUT2D eigenvalue weighted by molar-refractivity contribution is 7.99. The largest absolute Gasteiger partial charge is 0.376 e. The smallest absolute Gasteiger partial charge is 0.228 e. The van der Waals surface area contributed by atoms with Crippen LogP contribution in [0.25, 0.3) is 0 Å². The van der Waals surface area contributed by atoms with Crippen LogP contribution in [-0.2, 0) is 22.5 Å². The zero-order valence-electron chi connectivity index (χ0n) is 15.5. The van der Waals surface area contributed by atoms with Crippen LogP contribution >= 0.6 is 11.8 Å². The summed E-state index contributed by atoms with van der Waals surface area (Å²) in [6.45, 7) is 5.92. The van der Waals surface area contributed by atoms with Gasteiger partial charge >= 0.3 is 0 Å². The van der Waals surface area contributed by atoms with E-state index in [1.165, 1.54) is 11.3 Å². The molecule has 3 rings (SSSR count). The molecule has 1 N–H and O–H groups in total. The highest BCUT2D eigenvalue weighted by Gasteiger charge is 2.15. The Morgan fingerprint density at radius 1 is 1.35 bits per heavy atom. The van der Waals surface area contributed by atoms with Crippen molar-refractivity contribution in [3.05, 3.63) is 42.2 Å². The molecule has 6 heteroatoms. The van der Waals surface area contributed by atoms with Gasteiger partial charge in [-0.15, -0.1) is 11.8 Å². The molecule has 26 heavy (non-hydrogen) atoms. The monoisotopic (exact) mass is 373 g/mol. The van der Waals surface area contributed by atoms with Gasteiger partial charge in [-0.05, 0) is 37.0 Å². The minimum atomic E-state index is -0.0253. The van der Waals surface area contributed by atoms with Crippen LogP contribution < -0.4 is 5.32 Å². The van der Waals surface area contributed by atoms with Crippen LogP contribution in [0.1, 0.15) is 38.7 Å². The van der Waals surface area contributed by atoms with Gasteiger partial charge in [0.15, 0.2) is 0 Å². The van der Waals surface area contributed by atoms with E-state index in [-0.39, 0.29) is 12.0 Å². The predicted molar refractivity (Wildman–Crippen MR) is 106 cm³/mol. The topological polar surface area (TPSA) is 56.2 Å². The van der Waals surface area contributed by atoms with E-state index in [2.05, 4.69) is 36.4 Å². The third kappa shape index (κ3) is 5.88. The molecule has 1 aliphatic rings. The summed E-state index contributed by atoms with van der Waals surface area (Å²) in [6.07, 6.45) is 7.60. The molecule has 1 aliphatic heterocycles. The molecule has 1 amide bonds. The number of hydrogen-bond donors (Lipinski definition) is 1. The average molecular weight is 374 g/mol. The van der Waals surface area contributed by atoms with Gasteiger partial charge in [0, 0.05) is 22.9 Å². The molecular weight excluding hydrogens is 346 g/mol. The number of hydrogen-bond acceptors (Lipinski definition) is 4. The molecule has 5 nitrogen and oxygen atoms in total. The molecule has 0 aliphatic carbocycles. The lowest BCUT2D eigenvalue weighted by molar-refractivity contribution is -0.115. The Morgan fingerprint density at radius 2 is 2.15 bits per heavy atom. The van der Waals surface area contributed by atoms with Gasteiger partial charge in [0.05, 0.1) is 31.0 Å². The predicted octanol–water partition coefficient (Wildman–Crippen LogP) is 4.13. The van der Waals surface area contributed by atoms with E-state index in [1.54, 1.807) is 6.20 Å². The maximum atomic E-state index is 12.3. The number of carbonyl (C=O) groups excluding carboxylic acids is 1. The van der Waals surface area contributed by atoms with Crippen molar-refractivity contribution in [3.8, 4) is 0 Å². The quantitative estimate of drug-likeness (QED) is 0.741. The number of benzene rings is 1. The molecule has 1 saturated heterocycles. The second-order valence-corrected chi connectivity index (χ2v) is 8.63. The van der Waals surface area contributed by atoms with Crippen molar-refractivity contribution in [2.45, 2.75) is 62.3 Å². The number of nitrogens with zero attached hydrogens (tertiary/aromatic N) is 2. The van der Waals surface area contributed by atoms with E-state index < -0.39 is 0 Å². The Kier molecular flexibility index (Phi) is 6.74. The van der Waals surface area contributed by atoms with Crippen LogP contribution in [0.3, 0.4) is 0 Å². The molecule has 1 aromatic heterocycles. The zero-order valence-corrected chi connectivity index (χ0v) is 16.3. The van der Waals surface area contributed by atoms with Crippen molar-refractivity contribution in [3.63, 3.8) is 0 Å². The van der Waals surface area contributed by atoms with E-state index in [4.69, 9.17) is 4.74 Å². The third-order valence-corrected chi connectivity index (χ3v) is 5.26. The standard InChI is InChI=1S/C20H27N3O2S/c1-15(2)26-19-8-6-16(7-9-19)11-20(24)22-17-12-21-23(13-17)14-18-5-3-4-10-25-18/h6-9,12-13,15,18H,3-5,10-11,14H2,1-2H3,(H,22,24)/t18-/m1/s1. The van der Waals surface area contributed by atoms with Crippen molar-refractivity contribution in [1.29, 1.82) is 0 Å². The first-order valence-corrected chi connectivity index (χ1v) is 10.2. The first-order valence-electron chi connectivity index (χ1n) is 9.28. The van der Waals surface area contributed by atoms with Crippen LogP contribution in [0.2, 0.25) is 0 Å². The molecule has 2 aromatic rings. The minimum absolute atomic E-state index is 0.0253. The van der Waals surface area contributed by atoms with Gasteiger partial charge in [-0.25, -0.2) is 0 Å². The van der Waals surface area contributed by atoms with E-state index in [0.29, 0.717) is 11.7 Å². The van der Waals surface area contributed by atoms with Crippen LogP contribution in [0, 0.1) is 0 Å². The molecule has 1 atom stereocenters. The summed E-state index contributed by atoms with van der Waals surface area (Å²) in [5.41, 5.74) is 1.75. The summed E-state index contributed by atoms with van der Waals surface area (Å²) in [7, 11) is 0. The Balaban J connectivity index is 1.48. The Bertz CT molecular complexity index is 706. The van der Waals surface area contributed by atoms with E-state index in [0.717, 1.165) is 37.2 Å². The number of carbonyl (C=O) groups is 1. The molecular formula is C20H27N3O2S. The van der Waals surface area contributed by atoms with Crippen LogP contribution in [0.15, 0.2) is 41.6 Å². The molecule has 1 fully saturated rings. The lowest BCUT2D eigenvalue weighted by Gasteiger charge is -2.22. The summed E-state index contributed by atoms with van der Waals surface area (Å²) in [4.78, 5) is 13.5. The summed E-state index contributed by atoms with van der Waals surface area (Å²) in [5.74, 6) is -0.0253. The van der Waals surface area contributed by atoms with Gasteiger partial charge in [0.1, 0.15) is 0 Å². The maximum Gasteiger partial charge on any atom is 0.228 e. The number of ether oxygens (including phenoxy) is 1. The number of anilines is 1. The molecule has 140 valence electrons. The molecule has 1 aromatic carbocycles. The van der Waals surface area contributed by atoms with E-state index in [9.17, 15) is 4.79 Å². The van der Waals surface area contributed by atoms with Gasteiger partial charge in [0.25, 0.3) is 0 Å². The van der Waals surface area contributed by atoms with Crippen molar-refractivity contribution < 1.29 is 9.53 Å². The fraction of sp³-hybridized carbons (Fsp3) is 0.500. The fourth-order valence-electron chi connectivity index (χ4n) is 3.04. The van der Waals surface area contributed by atoms with E-state index in [1.807, 2.05) is 34.8 Å². The molecule has 0 bridgehead atoms. The molecule has 0 unspecified atom stereocenters. The number of nitrogens with one attached hydrogen (secondary N) is 1. The van der Waals surface area contributed by atoms with Gasteiger partial charge in [-0.3, -0.25) is 9.48 Å². The average Bonchev–Trinajstić information content (AvgIpc) is 3.04. The Labute approximate surface area is 159 Å². The lowest BCUT2D eigenvalue weighted by Crippen LogP contribution is -2.24. The van der Waals surface area contributed by atoms with Gasteiger partial charge < -0.3 is 10.1 Å². The van der Waals surface area contributed by atoms with Gasteiger partial charge in [0.2, 0.25) is 5.91 Å². The molecule has 0 saturated carbocycles. The second-order valence-electron chi connectivity index (χ2n) is 6.98. The number of amides is 1. The summed E-state index contributed by atoms with van der Waals surface area (Å²) < 4.78 is 7.59. The molecule has 2 heterocycles. The number of rotatable bonds is 7. The van der Waals surface area contributed by atoms with E-state index >= 15 is 0 Å². The highest BCUT2D eigenvalue weighted by Crippen LogP contribution is 2.23. The Hall–Kier alpha value is -1.79. The summed E-state index contributed by atoms with van der Waals surface area (Å²) in [6, 6.07) is 8.20. The Morgan fingerprint density at radius 3 is 2.85 bits per heavy atom. The van der Waals surface area contributed by atoms with Crippen molar-refractivity contribution in [1.82, 2.24) is 9.78 Å². The molecule has 0 radical (unpaired) electrons. The SMILES string of the molecule is CC(C)Sc1ccc(CC(=O)Nc2cnn(C[C@H]3CCCCO3)c2)cc1.